The lowest BCUT2D eigenvalue weighted by atomic mass is 10.2. The first-order valence-electron chi connectivity index (χ1n) is 3.05. The molecule has 0 heterocycles. The molecule has 1 aromatic carbocycles. The van der Waals surface area contributed by atoms with Crippen molar-refractivity contribution in [3.8, 4) is 5.75 Å². The summed E-state index contributed by atoms with van der Waals surface area (Å²) < 4.78 is 11.6. The van der Waals surface area contributed by atoms with Crippen molar-refractivity contribution < 1.29 is 9.59 Å². The molecule has 1 aromatic rings. The number of nitrogens with one attached hydrogen (secondary N) is 1. The standard InChI is InChI=1S/C7H7ClFNO/c8-7-3-6(11)2-1-5(7)4-10-9/h1-3,10-11H,4H2. The Hall–Kier alpha value is -0.800. The predicted octanol–water partition coefficient (Wildman–Crippen LogP) is 2.02. The minimum absolute atomic E-state index is 0.0547. The number of benzene rings is 1. The van der Waals surface area contributed by atoms with Crippen molar-refractivity contribution >= 4 is 11.6 Å². The smallest absolute Gasteiger partial charge is 0.117 e. The monoisotopic (exact) mass is 175 g/mol. The van der Waals surface area contributed by atoms with Gasteiger partial charge in [0.25, 0.3) is 0 Å². The molecular weight excluding hydrogens is 169 g/mol. The van der Waals surface area contributed by atoms with Crippen LogP contribution in [0.5, 0.6) is 5.75 Å². The second-order valence-corrected chi connectivity index (χ2v) is 2.49. The highest BCUT2D eigenvalue weighted by Crippen LogP contribution is 2.21. The first-order valence-corrected chi connectivity index (χ1v) is 3.42. The van der Waals surface area contributed by atoms with Crippen LogP contribution in [0.25, 0.3) is 0 Å². The molecule has 0 radical (unpaired) electrons. The van der Waals surface area contributed by atoms with E-state index in [9.17, 15) is 4.48 Å². The van der Waals surface area contributed by atoms with Crippen LogP contribution in [0.3, 0.4) is 0 Å². The molecule has 0 unspecified atom stereocenters. The van der Waals surface area contributed by atoms with Crippen molar-refractivity contribution in [2.45, 2.75) is 6.54 Å². The van der Waals surface area contributed by atoms with Crippen LogP contribution in [0.2, 0.25) is 5.02 Å². The summed E-state index contributed by atoms with van der Waals surface area (Å²) in [5, 5.41) is 9.26. The highest BCUT2D eigenvalue weighted by molar-refractivity contribution is 6.31. The van der Waals surface area contributed by atoms with Gasteiger partial charge in [0.1, 0.15) is 5.75 Å². The van der Waals surface area contributed by atoms with E-state index in [4.69, 9.17) is 16.7 Å². The minimum Gasteiger partial charge on any atom is -0.508 e. The van der Waals surface area contributed by atoms with Gasteiger partial charge in [0.2, 0.25) is 0 Å². The number of rotatable bonds is 2. The third-order valence-corrected chi connectivity index (χ3v) is 1.65. The van der Waals surface area contributed by atoms with Crippen LogP contribution in [0.1, 0.15) is 5.56 Å². The molecule has 0 aliphatic heterocycles. The maximum atomic E-state index is 11.6. The summed E-state index contributed by atoms with van der Waals surface area (Å²) in [4.78, 5) is 0. The van der Waals surface area contributed by atoms with Gasteiger partial charge in [-0.05, 0) is 17.7 Å². The van der Waals surface area contributed by atoms with Gasteiger partial charge < -0.3 is 5.11 Å². The molecule has 4 heteroatoms. The van der Waals surface area contributed by atoms with Crippen LogP contribution in [0.4, 0.5) is 4.48 Å². The Kier molecular flexibility index (Phi) is 2.68. The van der Waals surface area contributed by atoms with Crippen LogP contribution in [-0.4, -0.2) is 5.11 Å². The molecule has 11 heavy (non-hydrogen) atoms. The van der Waals surface area contributed by atoms with Gasteiger partial charge in [-0.3, -0.25) is 0 Å². The maximum Gasteiger partial charge on any atom is 0.117 e. The van der Waals surface area contributed by atoms with E-state index in [1.807, 2.05) is 0 Å². The van der Waals surface area contributed by atoms with Gasteiger partial charge in [-0.25, -0.2) is 0 Å². The van der Waals surface area contributed by atoms with Gasteiger partial charge in [0.15, 0.2) is 0 Å². The van der Waals surface area contributed by atoms with Crippen molar-refractivity contribution in [1.82, 2.24) is 5.54 Å². The first-order chi connectivity index (χ1) is 5.24. The van der Waals surface area contributed by atoms with Crippen molar-refractivity contribution in [3.63, 3.8) is 0 Å². The Morgan fingerprint density at radius 2 is 2.27 bits per heavy atom. The fourth-order valence-electron chi connectivity index (χ4n) is 0.752. The number of phenolic OH excluding ortho intramolecular Hbond substituents is 1. The lowest BCUT2D eigenvalue weighted by Gasteiger charge is -2.00. The van der Waals surface area contributed by atoms with Gasteiger partial charge in [0, 0.05) is 5.02 Å². The van der Waals surface area contributed by atoms with Crippen LogP contribution >= 0.6 is 11.6 Å². The van der Waals surface area contributed by atoms with E-state index < -0.39 is 0 Å². The van der Waals surface area contributed by atoms with Crippen LogP contribution < -0.4 is 5.54 Å². The van der Waals surface area contributed by atoms with Crippen molar-refractivity contribution in [2.24, 2.45) is 0 Å². The van der Waals surface area contributed by atoms with E-state index in [0.29, 0.717) is 10.6 Å². The van der Waals surface area contributed by atoms with E-state index in [1.54, 1.807) is 6.07 Å². The summed E-state index contributed by atoms with van der Waals surface area (Å²) >= 11 is 5.64. The highest BCUT2D eigenvalue weighted by Gasteiger charge is 1.99. The number of phenols is 1. The molecule has 0 saturated carbocycles. The fraction of sp³-hybridized carbons (Fsp3) is 0.143. The third-order valence-electron chi connectivity index (χ3n) is 1.29. The molecule has 0 aliphatic rings. The minimum atomic E-state index is 0.0547. The maximum absolute atomic E-state index is 11.6. The number of hydrogen-bond acceptors (Lipinski definition) is 2. The average molecular weight is 176 g/mol. The second-order valence-electron chi connectivity index (χ2n) is 2.09. The zero-order valence-electron chi connectivity index (χ0n) is 5.64. The molecule has 2 nitrogen and oxygen atoms in total. The zero-order chi connectivity index (χ0) is 8.27. The van der Waals surface area contributed by atoms with Gasteiger partial charge in [0.05, 0.1) is 6.54 Å². The summed E-state index contributed by atoms with van der Waals surface area (Å²) in [7, 11) is 0. The van der Waals surface area contributed by atoms with Crippen molar-refractivity contribution in [3.05, 3.63) is 28.8 Å². The molecule has 0 aromatic heterocycles. The van der Waals surface area contributed by atoms with Gasteiger partial charge >= 0.3 is 0 Å². The molecule has 0 aliphatic carbocycles. The normalized spacial score (nSPS) is 10.0. The van der Waals surface area contributed by atoms with Gasteiger partial charge in [-0.2, -0.15) is 5.54 Å². The fourth-order valence-corrected chi connectivity index (χ4v) is 0.993. The zero-order valence-corrected chi connectivity index (χ0v) is 6.40. The number of hydrogen-bond donors (Lipinski definition) is 2. The quantitative estimate of drug-likeness (QED) is 0.674. The highest BCUT2D eigenvalue weighted by atomic mass is 35.5. The largest absolute Gasteiger partial charge is 0.508 e. The number of halogens is 2. The summed E-state index contributed by atoms with van der Waals surface area (Å²) in [6.45, 7) is 0.0547. The lowest BCUT2D eigenvalue weighted by molar-refractivity contribution is 0.330. The predicted molar refractivity (Wildman–Crippen MR) is 41.1 cm³/mol. The molecule has 1 rings (SSSR count). The van der Waals surface area contributed by atoms with Crippen molar-refractivity contribution in [2.75, 3.05) is 0 Å². The van der Waals surface area contributed by atoms with Crippen LogP contribution in [0.15, 0.2) is 18.2 Å². The number of aromatic hydroxyl groups is 1. The Morgan fingerprint density at radius 1 is 1.55 bits per heavy atom. The van der Waals surface area contributed by atoms with E-state index in [-0.39, 0.29) is 12.3 Å². The van der Waals surface area contributed by atoms with Gasteiger partial charge in [-0.1, -0.05) is 17.7 Å². The Morgan fingerprint density at radius 3 is 2.82 bits per heavy atom. The van der Waals surface area contributed by atoms with E-state index >= 15 is 0 Å². The second kappa shape index (κ2) is 3.55. The summed E-state index contributed by atoms with van der Waals surface area (Å²) in [5.41, 5.74) is 2.10. The molecule has 0 saturated heterocycles. The Labute approximate surface area is 68.5 Å². The Balaban J connectivity index is 2.90. The average Bonchev–Trinajstić information content (AvgIpc) is 1.95. The molecule has 0 spiro atoms. The summed E-state index contributed by atoms with van der Waals surface area (Å²) in [5.74, 6) is 0.0811. The van der Waals surface area contributed by atoms with Gasteiger partial charge in [-0.15, -0.1) is 4.48 Å². The first kappa shape index (κ1) is 8.30. The molecular formula is C7H7ClFNO. The third kappa shape index (κ3) is 2.06. The molecule has 60 valence electrons. The van der Waals surface area contributed by atoms with E-state index in [2.05, 4.69) is 0 Å². The van der Waals surface area contributed by atoms with E-state index in [0.717, 1.165) is 0 Å². The topological polar surface area (TPSA) is 32.3 Å². The van der Waals surface area contributed by atoms with Crippen LogP contribution in [0, 0.1) is 0 Å². The summed E-state index contributed by atoms with van der Waals surface area (Å²) in [6.07, 6.45) is 0. The SMILES string of the molecule is Oc1ccc(CNF)c(Cl)c1. The Bertz CT molecular complexity index is 254. The van der Waals surface area contributed by atoms with Crippen molar-refractivity contribution in [1.29, 1.82) is 0 Å². The van der Waals surface area contributed by atoms with E-state index in [1.165, 1.54) is 17.7 Å². The molecule has 0 atom stereocenters. The lowest BCUT2D eigenvalue weighted by Crippen LogP contribution is -1.99. The molecule has 0 fully saturated rings. The molecule has 0 bridgehead atoms. The van der Waals surface area contributed by atoms with Crippen LogP contribution in [-0.2, 0) is 6.54 Å². The summed E-state index contributed by atoms with van der Waals surface area (Å²) in [6, 6.07) is 4.39. The molecule has 2 N–H and O–H groups in total. The molecule has 0 amide bonds.